The van der Waals surface area contributed by atoms with Gasteiger partial charge in [0.15, 0.2) is 0 Å². The monoisotopic (exact) mass is 270 g/mol. The van der Waals surface area contributed by atoms with E-state index in [1.807, 2.05) is 0 Å². The molecule has 6 N–H and O–H groups in total. The molecule has 0 radical (unpaired) electrons. The summed E-state index contributed by atoms with van der Waals surface area (Å²) in [5.41, 5.74) is 0. The molecule has 2 atom stereocenters. The normalized spacial score (nSPS) is 21.2. The van der Waals surface area contributed by atoms with Crippen molar-refractivity contribution < 1.29 is 37.6 Å². The summed E-state index contributed by atoms with van der Waals surface area (Å²) in [7, 11) is -13.6. The molecule has 0 fully saturated rings. The molecule has 0 heterocycles. The van der Waals surface area contributed by atoms with Crippen molar-refractivity contribution in [3.63, 3.8) is 0 Å². The van der Waals surface area contributed by atoms with Crippen LogP contribution in [-0.2, 0) is 18.0 Å². The first kappa shape index (κ1) is 14.4. The standard InChI is InChI=1S/CH9N2O8P3/c1-2-12(4,5)3-13(6,7)11-14(8,9)10/h1H3,(H2,8,9,10)(H4,2,3,4,5,6,7). The Morgan fingerprint density at radius 3 is 1.79 bits per heavy atom. The summed E-state index contributed by atoms with van der Waals surface area (Å²) < 4.78 is 35.0. The Morgan fingerprint density at radius 1 is 1.07 bits per heavy atom. The van der Waals surface area contributed by atoms with Gasteiger partial charge < -0.3 is 19.6 Å². The van der Waals surface area contributed by atoms with E-state index in [1.54, 1.807) is 5.09 Å². The molecule has 14 heavy (non-hydrogen) atoms. The Morgan fingerprint density at radius 2 is 1.50 bits per heavy atom. The van der Waals surface area contributed by atoms with Crippen LogP contribution in [0.4, 0.5) is 0 Å². The topological polar surface area (TPSA) is 165 Å². The van der Waals surface area contributed by atoms with Crippen LogP contribution in [0.1, 0.15) is 0 Å². The average molecular weight is 270 g/mol. The smallest absolute Gasteiger partial charge is 0.322 e. The Bertz CT molecular complexity index is 331. The third-order valence-electron chi connectivity index (χ3n) is 0.782. The van der Waals surface area contributed by atoms with Gasteiger partial charge in [0.05, 0.1) is 0 Å². The number of hydrogen-bond donors (Lipinski definition) is 6. The second kappa shape index (κ2) is 4.51. The van der Waals surface area contributed by atoms with E-state index in [0.29, 0.717) is 0 Å². The molecule has 0 aliphatic carbocycles. The van der Waals surface area contributed by atoms with Gasteiger partial charge in [-0.1, -0.05) is 0 Å². The van der Waals surface area contributed by atoms with E-state index in [4.69, 9.17) is 19.6 Å². The fourth-order valence-corrected chi connectivity index (χ4v) is 3.78. The van der Waals surface area contributed by atoms with E-state index < -0.39 is 23.2 Å². The molecule has 0 amide bonds. The molecule has 10 nitrogen and oxygen atoms in total. The van der Waals surface area contributed by atoms with Crippen LogP contribution < -0.4 is 9.95 Å². The molecule has 0 aromatic rings. The average Bonchev–Trinajstić information content (AvgIpc) is 1.78. The van der Waals surface area contributed by atoms with Crippen LogP contribution in [0.2, 0.25) is 0 Å². The van der Waals surface area contributed by atoms with Gasteiger partial charge in [0.1, 0.15) is 0 Å². The fourth-order valence-electron chi connectivity index (χ4n) is 0.384. The molecule has 0 saturated carbocycles. The predicted molar refractivity (Wildman–Crippen MR) is 45.0 cm³/mol. The van der Waals surface area contributed by atoms with Crippen LogP contribution in [0.15, 0.2) is 0 Å². The van der Waals surface area contributed by atoms with Crippen LogP contribution in [0, 0.1) is 0 Å². The predicted octanol–water partition coefficient (Wildman–Crippen LogP) is -0.895. The second-order valence-corrected chi connectivity index (χ2v) is 7.07. The Kier molecular flexibility index (Phi) is 4.64. The molecule has 0 spiro atoms. The van der Waals surface area contributed by atoms with Crippen molar-refractivity contribution in [1.82, 2.24) is 9.95 Å². The van der Waals surface area contributed by atoms with Crippen LogP contribution in [0.3, 0.4) is 0 Å². The maximum Gasteiger partial charge on any atom is 0.477 e. The van der Waals surface area contributed by atoms with Gasteiger partial charge in [-0.3, -0.25) is 4.57 Å². The van der Waals surface area contributed by atoms with Gasteiger partial charge in [0.2, 0.25) is 0 Å². The molecule has 0 rings (SSSR count). The lowest BCUT2D eigenvalue weighted by Crippen LogP contribution is -2.17. The molecule has 0 saturated heterocycles. The maximum atomic E-state index is 10.8. The van der Waals surface area contributed by atoms with Crippen LogP contribution in [0.5, 0.6) is 0 Å². The van der Waals surface area contributed by atoms with E-state index >= 15 is 0 Å². The summed E-state index contributed by atoms with van der Waals surface area (Å²) in [5, 5.41) is 1.72. The van der Waals surface area contributed by atoms with E-state index in [9.17, 15) is 13.7 Å². The Balaban J connectivity index is 4.60. The largest absolute Gasteiger partial charge is 0.477 e. The zero-order chi connectivity index (χ0) is 11.6. The quantitative estimate of drug-likeness (QED) is 0.345. The van der Waals surface area contributed by atoms with Gasteiger partial charge >= 0.3 is 23.2 Å². The Hall–Kier alpha value is 0.410. The lowest BCUT2D eigenvalue weighted by molar-refractivity contribution is 0.261. The van der Waals surface area contributed by atoms with Crippen molar-refractivity contribution in [2.24, 2.45) is 0 Å². The highest BCUT2D eigenvalue weighted by Gasteiger charge is 2.36. The first-order valence-corrected chi connectivity index (χ1v) is 7.65. The first-order valence-electron chi connectivity index (χ1n) is 2.88. The van der Waals surface area contributed by atoms with Crippen LogP contribution in [0.25, 0.3) is 0 Å². The van der Waals surface area contributed by atoms with Gasteiger partial charge in [-0.25, -0.2) is 14.2 Å². The molecular weight excluding hydrogens is 261 g/mol. The summed E-state index contributed by atoms with van der Waals surface area (Å²) in [6.07, 6.45) is 0. The van der Waals surface area contributed by atoms with E-state index in [0.717, 1.165) is 11.9 Å². The van der Waals surface area contributed by atoms with Crippen molar-refractivity contribution in [1.29, 1.82) is 0 Å². The maximum absolute atomic E-state index is 10.8. The molecule has 0 bridgehead atoms. The minimum absolute atomic E-state index is 0.991. The SMILES string of the molecule is CNP(=O)(O)NP(=O)(O)OP(=O)(O)O. The minimum Gasteiger partial charge on any atom is -0.322 e. The van der Waals surface area contributed by atoms with E-state index in [1.165, 1.54) is 0 Å². The molecule has 0 aliphatic heterocycles. The number of rotatable bonds is 5. The van der Waals surface area contributed by atoms with Gasteiger partial charge in [0, 0.05) is 0 Å². The van der Waals surface area contributed by atoms with Gasteiger partial charge in [0.25, 0.3) is 0 Å². The molecule has 86 valence electrons. The first-order chi connectivity index (χ1) is 5.97. The summed E-state index contributed by atoms with van der Waals surface area (Å²) >= 11 is 0. The lowest BCUT2D eigenvalue weighted by Gasteiger charge is -2.16. The van der Waals surface area contributed by atoms with Gasteiger partial charge in [-0.15, -0.1) is 4.86 Å². The highest BCUT2D eigenvalue weighted by atomic mass is 31.3. The van der Waals surface area contributed by atoms with Crippen molar-refractivity contribution in [3.05, 3.63) is 0 Å². The highest BCUT2D eigenvalue weighted by Crippen LogP contribution is 2.58. The molecule has 2 unspecified atom stereocenters. The molecule has 0 aromatic carbocycles. The number of phosphoric acid groups is 1. The van der Waals surface area contributed by atoms with Crippen molar-refractivity contribution >= 4 is 23.2 Å². The molecule has 0 aromatic heterocycles. The Labute approximate surface area is 78.7 Å². The van der Waals surface area contributed by atoms with Crippen molar-refractivity contribution in [3.8, 4) is 0 Å². The minimum atomic E-state index is -5.22. The summed E-state index contributed by atoms with van der Waals surface area (Å²) in [6.45, 7) is 0. The van der Waals surface area contributed by atoms with Crippen LogP contribution in [-0.4, -0.2) is 26.6 Å². The van der Waals surface area contributed by atoms with Crippen molar-refractivity contribution in [2.75, 3.05) is 7.05 Å². The lowest BCUT2D eigenvalue weighted by atomic mass is 11.6. The molecular formula is CH9N2O8P3. The third-order valence-corrected chi connectivity index (χ3v) is 5.22. The fraction of sp³-hybridized carbons (Fsp3) is 1.00. The number of nitrogens with one attached hydrogen (secondary N) is 2. The van der Waals surface area contributed by atoms with Crippen LogP contribution >= 0.6 is 23.2 Å². The van der Waals surface area contributed by atoms with Gasteiger partial charge in [-0.2, -0.15) is 4.31 Å². The van der Waals surface area contributed by atoms with Crippen molar-refractivity contribution in [2.45, 2.75) is 0 Å². The molecule has 0 aliphatic rings. The summed E-state index contributed by atoms with van der Waals surface area (Å²) in [6, 6.07) is 0. The molecule has 13 heteroatoms. The number of hydrogen-bond acceptors (Lipinski definition) is 4. The highest BCUT2D eigenvalue weighted by molar-refractivity contribution is 7.71. The van der Waals surface area contributed by atoms with Gasteiger partial charge in [-0.05, 0) is 7.05 Å². The van der Waals surface area contributed by atoms with E-state index in [-0.39, 0.29) is 0 Å². The third kappa shape index (κ3) is 6.80. The second-order valence-electron chi connectivity index (χ2n) is 1.99. The summed E-state index contributed by atoms with van der Waals surface area (Å²) in [4.78, 5) is 34.8. The van der Waals surface area contributed by atoms with E-state index in [2.05, 4.69) is 4.31 Å². The zero-order valence-electron chi connectivity index (χ0n) is 6.76. The summed E-state index contributed by atoms with van der Waals surface area (Å²) in [5.74, 6) is 0. The zero-order valence-corrected chi connectivity index (χ0v) is 9.45.